The Morgan fingerprint density at radius 2 is 2.21 bits per heavy atom. The van der Waals surface area contributed by atoms with E-state index >= 15 is 0 Å². The van der Waals surface area contributed by atoms with Gasteiger partial charge in [0.2, 0.25) is 0 Å². The average Bonchev–Trinajstić information content (AvgIpc) is 2.90. The van der Waals surface area contributed by atoms with Crippen molar-refractivity contribution in [1.29, 1.82) is 0 Å². The minimum Gasteiger partial charge on any atom is -0.493 e. The zero-order valence-corrected chi connectivity index (χ0v) is 15.0. The molecule has 4 aliphatic rings. The van der Waals surface area contributed by atoms with Gasteiger partial charge in [-0.05, 0) is 68.8 Å². The van der Waals surface area contributed by atoms with Crippen LogP contribution in [0.25, 0.3) is 0 Å². The van der Waals surface area contributed by atoms with Crippen LogP contribution in [0.4, 0.5) is 0 Å². The summed E-state index contributed by atoms with van der Waals surface area (Å²) in [7, 11) is 3.99. The summed E-state index contributed by atoms with van der Waals surface area (Å²) in [4.78, 5) is 2.54. The molecular formula is C20H27NO3. The minimum atomic E-state index is -0.395. The van der Waals surface area contributed by atoms with Crippen LogP contribution in [0.1, 0.15) is 36.5 Å². The molecule has 1 N–H and O–H groups in total. The smallest absolute Gasteiger partial charge is 0.165 e. The van der Waals surface area contributed by atoms with Crippen LogP contribution < -0.4 is 9.47 Å². The first-order valence-corrected chi connectivity index (χ1v) is 9.25. The summed E-state index contributed by atoms with van der Waals surface area (Å²) in [6.45, 7) is 5.45. The lowest BCUT2D eigenvalue weighted by atomic mass is 9.49. The van der Waals surface area contributed by atoms with Gasteiger partial charge in [0.1, 0.15) is 6.10 Å². The fourth-order valence-corrected chi connectivity index (χ4v) is 6.32. The lowest BCUT2D eigenvalue weighted by Crippen LogP contribution is -2.67. The number of hydrogen-bond acceptors (Lipinski definition) is 4. The monoisotopic (exact) mass is 329 g/mol. The van der Waals surface area contributed by atoms with Crippen LogP contribution in [0.5, 0.6) is 11.5 Å². The third kappa shape index (κ3) is 1.53. The second kappa shape index (κ2) is 4.67. The molecule has 0 radical (unpaired) electrons. The van der Waals surface area contributed by atoms with Crippen LogP contribution in [-0.4, -0.2) is 49.0 Å². The molecular weight excluding hydrogens is 302 g/mol. The number of likely N-dealkylation sites (N-methyl/N-ethyl adjacent to an activating group) is 1. The molecule has 2 bridgehead atoms. The van der Waals surface area contributed by atoms with Gasteiger partial charge < -0.3 is 19.5 Å². The van der Waals surface area contributed by atoms with Crippen molar-refractivity contribution >= 4 is 0 Å². The largest absolute Gasteiger partial charge is 0.493 e. The van der Waals surface area contributed by atoms with Gasteiger partial charge in [0, 0.05) is 17.0 Å². The summed E-state index contributed by atoms with van der Waals surface area (Å²) < 4.78 is 12.1. The van der Waals surface area contributed by atoms with Crippen LogP contribution in [0.2, 0.25) is 0 Å². The first kappa shape index (κ1) is 15.0. The van der Waals surface area contributed by atoms with Crippen molar-refractivity contribution in [2.45, 2.75) is 56.8 Å². The average molecular weight is 329 g/mol. The lowest BCUT2D eigenvalue weighted by molar-refractivity contribution is -0.122. The highest BCUT2D eigenvalue weighted by Gasteiger charge is 2.66. The normalized spacial score (nSPS) is 42.5. The van der Waals surface area contributed by atoms with Gasteiger partial charge in [-0.2, -0.15) is 0 Å². The second-order valence-electron chi connectivity index (χ2n) is 8.47. The first-order chi connectivity index (χ1) is 11.5. The Balaban J connectivity index is 1.82. The Morgan fingerprint density at radius 3 is 2.96 bits per heavy atom. The molecule has 2 fully saturated rings. The van der Waals surface area contributed by atoms with E-state index < -0.39 is 6.10 Å². The van der Waals surface area contributed by atoms with E-state index in [4.69, 9.17) is 9.47 Å². The fraction of sp³-hybridized carbons (Fsp3) is 0.700. The van der Waals surface area contributed by atoms with E-state index in [9.17, 15) is 5.11 Å². The predicted molar refractivity (Wildman–Crippen MR) is 91.8 cm³/mol. The summed E-state index contributed by atoms with van der Waals surface area (Å²) in [5, 5.41) is 11.0. The molecule has 0 aromatic heterocycles. The van der Waals surface area contributed by atoms with Crippen LogP contribution in [-0.2, 0) is 11.8 Å². The number of hydrogen-bond donors (Lipinski definition) is 1. The summed E-state index contributed by atoms with van der Waals surface area (Å²) in [5.74, 6) is 2.61. The van der Waals surface area contributed by atoms with Crippen molar-refractivity contribution in [2.75, 3.05) is 20.7 Å². The summed E-state index contributed by atoms with van der Waals surface area (Å²) >= 11 is 0. The fourth-order valence-electron chi connectivity index (χ4n) is 6.32. The minimum absolute atomic E-state index is 0.0225. The molecule has 5 rings (SSSR count). The second-order valence-corrected chi connectivity index (χ2v) is 8.47. The van der Waals surface area contributed by atoms with Crippen LogP contribution >= 0.6 is 0 Å². The summed E-state index contributed by atoms with van der Waals surface area (Å²) in [6, 6.07) is 2.68. The number of piperidine rings is 1. The first-order valence-electron chi connectivity index (χ1n) is 9.25. The Labute approximate surface area is 143 Å². The van der Waals surface area contributed by atoms with Gasteiger partial charge in [-0.25, -0.2) is 0 Å². The molecule has 24 heavy (non-hydrogen) atoms. The van der Waals surface area contributed by atoms with Gasteiger partial charge in [-0.1, -0.05) is 6.92 Å². The van der Waals surface area contributed by atoms with E-state index in [2.05, 4.69) is 31.9 Å². The third-order valence-electron chi connectivity index (χ3n) is 7.52. The maximum atomic E-state index is 11.0. The number of methoxy groups -OCH3 is 1. The highest BCUT2D eigenvalue weighted by atomic mass is 16.5. The Morgan fingerprint density at radius 1 is 1.42 bits per heavy atom. The van der Waals surface area contributed by atoms with Crippen molar-refractivity contribution < 1.29 is 14.6 Å². The zero-order chi connectivity index (χ0) is 16.8. The van der Waals surface area contributed by atoms with E-state index in [-0.39, 0.29) is 17.4 Å². The molecule has 0 unspecified atom stereocenters. The number of nitrogens with zero attached hydrogens (tertiary/aromatic N) is 1. The zero-order valence-electron chi connectivity index (χ0n) is 15.0. The standard InChI is InChI=1S/C20H27NO3/c1-10-8-15(23-4)18-16-12(10)9-14-13-7-11(2)17(22)19(24-18)20(13,16)5-6-21(14)3/h8,11,13-14,17,19,22H,5-7,9H2,1-4H3/t11-,13+,14-,17+,19+,20+/m1/s1. The molecule has 1 aromatic rings. The molecule has 4 heteroatoms. The van der Waals surface area contributed by atoms with Crippen LogP contribution in [0.15, 0.2) is 6.07 Å². The molecule has 0 amide bonds. The topological polar surface area (TPSA) is 41.9 Å². The van der Waals surface area contributed by atoms with Gasteiger partial charge >= 0.3 is 0 Å². The lowest BCUT2D eigenvalue weighted by Gasteiger charge is -2.59. The van der Waals surface area contributed by atoms with E-state index in [0.717, 1.165) is 37.3 Å². The van der Waals surface area contributed by atoms with E-state index in [1.54, 1.807) is 7.11 Å². The molecule has 1 spiro atoms. The molecule has 2 aliphatic heterocycles. The SMILES string of the molecule is COc1cc(C)c2c3c1O[C@H]1[C@@H](O)[C@H](C)C[C@H]4[C@@H](C2)N(C)CC[C@@]341. The van der Waals surface area contributed by atoms with Gasteiger partial charge in [0.25, 0.3) is 0 Å². The van der Waals surface area contributed by atoms with Crippen molar-refractivity contribution in [3.8, 4) is 11.5 Å². The number of likely N-dealkylation sites (tertiary alicyclic amines) is 1. The van der Waals surface area contributed by atoms with Crippen molar-refractivity contribution in [3.05, 3.63) is 22.8 Å². The third-order valence-corrected chi connectivity index (χ3v) is 7.52. The van der Waals surface area contributed by atoms with E-state index in [1.165, 1.54) is 16.7 Å². The molecule has 130 valence electrons. The highest BCUT2D eigenvalue weighted by Crippen LogP contribution is 2.64. The van der Waals surface area contributed by atoms with E-state index in [1.807, 2.05) is 0 Å². The Bertz CT molecular complexity index is 717. The maximum absolute atomic E-state index is 11.0. The number of aliphatic hydroxyl groups excluding tert-OH is 1. The highest BCUT2D eigenvalue weighted by molar-refractivity contribution is 5.63. The maximum Gasteiger partial charge on any atom is 0.165 e. The predicted octanol–water partition coefficient (Wildman–Crippen LogP) is 2.28. The number of aryl methyl sites for hydroxylation is 1. The number of ether oxygens (including phenoxy) is 2. The van der Waals surface area contributed by atoms with Gasteiger partial charge in [-0.3, -0.25) is 0 Å². The van der Waals surface area contributed by atoms with E-state index in [0.29, 0.717) is 12.0 Å². The Hall–Kier alpha value is -1.26. The van der Waals surface area contributed by atoms with Gasteiger partial charge in [0.05, 0.1) is 13.2 Å². The molecule has 1 aromatic carbocycles. The number of benzene rings is 1. The summed E-state index contributed by atoms with van der Waals surface area (Å²) in [5.41, 5.74) is 4.11. The van der Waals surface area contributed by atoms with Crippen molar-refractivity contribution in [3.63, 3.8) is 0 Å². The number of aliphatic hydroxyl groups is 1. The summed E-state index contributed by atoms with van der Waals surface area (Å²) in [6.07, 6.45) is 2.75. The molecule has 2 heterocycles. The van der Waals surface area contributed by atoms with Crippen LogP contribution in [0.3, 0.4) is 0 Å². The molecule has 2 aliphatic carbocycles. The van der Waals surface area contributed by atoms with Gasteiger partial charge in [-0.15, -0.1) is 0 Å². The molecule has 6 atom stereocenters. The Kier molecular flexibility index (Phi) is 2.93. The molecule has 1 saturated carbocycles. The molecule has 1 saturated heterocycles. The number of rotatable bonds is 1. The van der Waals surface area contributed by atoms with Crippen molar-refractivity contribution in [1.82, 2.24) is 4.90 Å². The van der Waals surface area contributed by atoms with Crippen molar-refractivity contribution in [2.24, 2.45) is 11.8 Å². The van der Waals surface area contributed by atoms with Crippen LogP contribution in [0, 0.1) is 18.8 Å². The molecule has 4 nitrogen and oxygen atoms in total. The quantitative estimate of drug-likeness (QED) is 0.858. The van der Waals surface area contributed by atoms with Gasteiger partial charge in [0.15, 0.2) is 11.5 Å².